The first-order chi connectivity index (χ1) is 13.3. The third-order valence-corrected chi connectivity index (χ3v) is 6.69. The van der Waals surface area contributed by atoms with E-state index >= 15 is 0 Å². The SMILES string of the molecule is CC1(N2Cc3c(ccc(N4CCC(C=O)CC4)c3Cl)C2=O)CCC(=O)NC1=O. The first kappa shape index (κ1) is 18.9. The Kier molecular flexibility index (Phi) is 4.65. The highest BCUT2D eigenvalue weighted by Gasteiger charge is 2.49. The predicted molar refractivity (Wildman–Crippen MR) is 103 cm³/mol. The molecule has 4 rings (SSSR count). The maximum Gasteiger partial charge on any atom is 0.255 e. The second-order valence-electron chi connectivity index (χ2n) is 7.93. The number of nitrogens with zero attached hydrogens (tertiary/aromatic N) is 2. The van der Waals surface area contributed by atoms with Gasteiger partial charge in [0.25, 0.3) is 11.8 Å². The molecule has 0 aromatic heterocycles. The van der Waals surface area contributed by atoms with Gasteiger partial charge in [-0.05, 0) is 38.3 Å². The average molecular weight is 404 g/mol. The summed E-state index contributed by atoms with van der Waals surface area (Å²) in [5.41, 5.74) is 0.999. The fraction of sp³-hybridized carbons (Fsp3) is 0.500. The summed E-state index contributed by atoms with van der Waals surface area (Å²) in [6.45, 7) is 3.41. The zero-order valence-corrected chi connectivity index (χ0v) is 16.4. The first-order valence-electron chi connectivity index (χ1n) is 9.53. The van der Waals surface area contributed by atoms with E-state index in [9.17, 15) is 19.2 Å². The Bertz CT molecular complexity index is 878. The van der Waals surface area contributed by atoms with Crippen molar-refractivity contribution in [3.63, 3.8) is 0 Å². The molecule has 1 aromatic carbocycles. The number of aldehydes is 1. The summed E-state index contributed by atoms with van der Waals surface area (Å²) in [6.07, 6.45) is 3.08. The number of fused-ring (bicyclic) bond motifs is 1. The van der Waals surface area contributed by atoms with E-state index in [2.05, 4.69) is 10.2 Å². The van der Waals surface area contributed by atoms with Gasteiger partial charge in [0.15, 0.2) is 0 Å². The lowest BCUT2D eigenvalue weighted by Crippen LogP contribution is -2.61. The summed E-state index contributed by atoms with van der Waals surface area (Å²) in [5, 5.41) is 2.86. The molecule has 0 bridgehead atoms. The van der Waals surface area contributed by atoms with Crippen molar-refractivity contribution in [1.82, 2.24) is 10.2 Å². The summed E-state index contributed by atoms with van der Waals surface area (Å²) in [6, 6.07) is 3.61. The lowest BCUT2D eigenvalue weighted by molar-refractivity contribution is -0.142. The van der Waals surface area contributed by atoms with Gasteiger partial charge in [-0.2, -0.15) is 0 Å². The number of imide groups is 1. The van der Waals surface area contributed by atoms with Crippen molar-refractivity contribution in [2.45, 2.75) is 44.7 Å². The predicted octanol–water partition coefficient (Wildman–Crippen LogP) is 1.91. The zero-order chi connectivity index (χ0) is 20.1. The fourth-order valence-electron chi connectivity index (χ4n) is 4.31. The molecular weight excluding hydrogens is 382 g/mol. The van der Waals surface area contributed by atoms with E-state index in [1.165, 1.54) is 4.90 Å². The smallest absolute Gasteiger partial charge is 0.255 e. The summed E-state index contributed by atoms with van der Waals surface area (Å²) in [4.78, 5) is 51.6. The molecular formula is C20H22ClN3O4. The van der Waals surface area contributed by atoms with Crippen LogP contribution < -0.4 is 10.2 Å². The van der Waals surface area contributed by atoms with Gasteiger partial charge in [0, 0.05) is 43.1 Å². The topological polar surface area (TPSA) is 86.8 Å². The fourth-order valence-corrected chi connectivity index (χ4v) is 4.65. The van der Waals surface area contributed by atoms with Gasteiger partial charge in [-0.25, -0.2) is 0 Å². The molecule has 1 atom stereocenters. The Labute approximate surface area is 168 Å². The van der Waals surface area contributed by atoms with Crippen molar-refractivity contribution in [3.8, 4) is 0 Å². The van der Waals surface area contributed by atoms with E-state index in [1.807, 2.05) is 6.07 Å². The van der Waals surface area contributed by atoms with Gasteiger partial charge < -0.3 is 14.6 Å². The normalized spacial score (nSPS) is 25.7. The molecule has 3 aliphatic heterocycles. The van der Waals surface area contributed by atoms with Crippen LogP contribution in [0, 0.1) is 5.92 Å². The highest BCUT2D eigenvalue weighted by molar-refractivity contribution is 6.35. The first-order valence-corrected chi connectivity index (χ1v) is 9.91. The Morgan fingerprint density at radius 1 is 1.21 bits per heavy atom. The van der Waals surface area contributed by atoms with E-state index < -0.39 is 11.4 Å². The number of carbonyl (C=O) groups is 4. The van der Waals surface area contributed by atoms with Crippen LogP contribution >= 0.6 is 11.6 Å². The van der Waals surface area contributed by atoms with Crippen molar-refractivity contribution in [2.75, 3.05) is 18.0 Å². The van der Waals surface area contributed by atoms with Crippen LogP contribution in [0.1, 0.15) is 48.5 Å². The average Bonchev–Trinajstić information content (AvgIpc) is 3.04. The van der Waals surface area contributed by atoms with Crippen molar-refractivity contribution < 1.29 is 19.2 Å². The quantitative estimate of drug-likeness (QED) is 0.615. The molecule has 3 amide bonds. The molecule has 2 saturated heterocycles. The molecule has 7 nitrogen and oxygen atoms in total. The molecule has 28 heavy (non-hydrogen) atoms. The molecule has 0 radical (unpaired) electrons. The maximum absolute atomic E-state index is 13.0. The highest BCUT2D eigenvalue weighted by Crippen LogP contribution is 2.41. The number of rotatable bonds is 3. The standard InChI is InChI=1S/C20H22ClN3O4/c1-20(7-4-16(26)22-19(20)28)24-10-14-13(18(24)27)2-3-15(17(14)21)23-8-5-12(11-25)6-9-23/h2-3,11-12H,4-10H2,1H3,(H,22,26,28). The van der Waals surface area contributed by atoms with Gasteiger partial charge in [-0.15, -0.1) is 0 Å². The number of hydrogen-bond donors (Lipinski definition) is 1. The maximum atomic E-state index is 13.0. The van der Waals surface area contributed by atoms with Crippen LogP contribution in [0.25, 0.3) is 0 Å². The van der Waals surface area contributed by atoms with Crippen LogP contribution in [-0.2, 0) is 20.9 Å². The van der Waals surface area contributed by atoms with Gasteiger partial charge in [0.1, 0.15) is 11.8 Å². The van der Waals surface area contributed by atoms with Crippen molar-refractivity contribution >= 4 is 41.3 Å². The molecule has 3 aliphatic rings. The molecule has 0 aliphatic carbocycles. The van der Waals surface area contributed by atoms with Gasteiger partial charge >= 0.3 is 0 Å². The second kappa shape index (κ2) is 6.88. The third kappa shape index (κ3) is 2.89. The summed E-state index contributed by atoms with van der Waals surface area (Å²) in [5.74, 6) is -0.910. The van der Waals surface area contributed by atoms with Crippen LogP contribution in [-0.4, -0.2) is 47.5 Å². The Morgan fingerprint density at radius 2 is 1.93 bits per heavy atom. The largest absolute Gasteiger partial charge is 0.370 e. The second-order valence-corrected chi connectivity index (χ2v) is 8.31. The minimum absolute atomic E-state index is 0.0917. The van der Waals surface area contributed by atoms with Crippen molar-refractivity contribution in [3.05, 3.63) is 28.3 Å². The van der Waals surface area contributed by atoms with Gasteiger partial charge in [0.05, 0.1) is 10.7 Å². The number of hydrogen-bond acceptors (Lipinski definition) is 5. The summed E-state index contributed by atoms with van der Waals surface area (Å²) >= 11 is 6.69. The van der Waals surface area contributed by atoms with Crippen LogP contribution in [0.2, 0.25) is 5.02 Å². The Morgan fingerprint density at radius 3 is 2.57 bits per heavy atom. The lowest BCUT2D eigenvalue weighted by Gasteiger charge is -2.39. The number of halogens is 1. The zero-order valence-electron chi connectivity index (χ0n) is 15.7. The number of carbonyl (C=O) groups excluding carboxylic acids is 4. The minimum atomic E-state index is -1.07. The molecule has 1 aromatic rings. The van der Waals surface area contributed by atoms with Gasteiger partial charge in [-0.3, -0.25) is 19.7 Å². The number of anilines is 1. The molecule has 1 N–H and O–H groups in total. The van der Waals surface area contributed by atoms with E-state index in [-0.39, 0.29) is 30.7 Å². The molecule has 8 heteroatoms. The summed E-state index contributed by atoms with van der Waals surface area (Å²) in [7, 11) is 0. The number of piperidine rings is 2. The lowest BCUT2D eigenvalue weighted by atomic mass is 9.89. The molecule has 148 valence electrons. The number of nitrogens with one attached hydrogen (secondary N) is 1. The van der Waals surface area contributed by atoms with E-state index in [1.54, 1.807) is 13.0 Å². The van der Waals surface area contributed by atoms with E-state index in [0.29, 0.717) is 22.6 Å². The summed E-state index contributed by atoms with van der Waals surface area (Å²) < 4.78 is 0. The van der Waals surface area contributed by atoms with Gasteiger partial charge in [0.2, 0.25) is 5.91 Å². The van der Waals surface area contributed by atoms with Crippen LogP contribution in [0.15, 0.2) is 12.1 Å². The van der Waals surface area contributed by atoms with Crippen molar-refractivity contribution in [1.29, 1.82) is 0 Å². The molecule has 3 heterocycles. The van der Waals surface area contributed by atoms with Gasteiger partial charge in [-0.1, -0.05) is 11.6 Å². The molecule has 0 saturated carbocycles. The highest BCUT2D eigenvalue weighted by atomic mass is 35.5. The Hall–Kier alpha value is -2.41. The van der Waals surface area contributed by atoms with E-state index in [0.717, 1.165) is 37.9 Å². The Balaban J connectivity index is 1.61. The molecule has 1 unspecified atom stereocenters. The van der Waals surface area contributed by atoms with Crippen LogP contribution in [0.3, 0.4) is 0 Å². The number of benzene rings is 1. The molecule has 0 spiro atoms. The van der Waals surface area contributed by atoms with E-state index in [4.69, 9.17) is 11.6 Å². The molecule has 2 fully saturated rings. The third-order valence-electron chi connectivity index (χ3n) is 6.26. The van der Waals surface area contributed by atoms with Crippen LogP contribution in [0.4, 0.5) is 5.69 Å². The number of amides is 3. The monoisotopic (exact) mass is 403 g/mol. The van der Waals surface area contributed by atoms with Crippen LogP contribution in [0.5, 0.6) is 0 Å². The van der Waals surface area contributed by atoms with Crippen molar-refractivity contribution in [2.24, 2.45) is 5.92 Å². The minimum Gasteiger partial charge on any atom is -0.370 e.